The number of nitro groups is 1. The molecule has 0 aliphatic carbocycles. The Balaban J connectivity index is 2.08. The molecule has 0 aliphatic rings. The van der Waals surface area contributed by atoms with Crippen LogP contribution in [0.2, 0.25) is 0 Å². The molecule has 0 aliphatic heterocycles. The number of nitrogens with one attached hydrogen (secondary N) is 1. The number of benzene rings is 2. The molecule has 0 spiro atoms. The lowest BCUT2D eigenvalue weighted by Crippen LogP contribution is -2.18. The first kappa shape index (κ1) is 15.2. The lowest BCUT2D eigenvalue weighted by molar-refractivity contribution is -0.385. The molecule has 1 unspecified atom stereocenters. The summed E-state index contributed by atoms with van der Waals surface area (Å²) >= 11 is 0. The fourth-order valence-corrected chi connectivity index (χ4v) is 2.30. The fraction of sp³-hybridized carbons (Fsp3) is 0.294. The molecule has 4 heteroatoms. The predicted molar refractivity (Wildman–Crippen MR) is 84.3 cm³/mol. The summed E-state index contributed by atoms with van der Waals surface area (Å²) in [5.74, 6) is 0. The Morgan fingerprint density at radius 3 is 2.43 bits per heavy atom. The van der Waals surface area contributed by atoms with Crippen molar-refractivity contribution in [1.29, 1.82) is 0 Å². The van der Waals surface area contributed by atoms with Crippen molar-refractivity contribution in [3.63, 3.8) is 0 Å². The zero-order chi connectivity index (χ0) is 15.4. The third kappa shape index (κ3) is 3.67. The highest BCUT2D eigenvalue weighted by atomic mass is 16.6. The molecule has 0 heterocycles. The van der Waals surface area contributed by atoms with Crippen molar-refractivity contribution in [1.82, 2.24) is 5.32 Å². The highest BCUT2D eigenvalue weighted by Gasteiger charge is 2.13. The van der Waals surface area contributed by atoms with Crippen molar-refractivity contribution in [3.8, 4) is 0 Å². The molecule has 1 N–H and O–H groups in total. The van der Waals surface area contributed by atoms with Crippen LogP contribution in [0.3, 0.4) is 0 Å². The van der Waals surface area contributed by atoms with Crippen molar-refractivity contribution in [2.24, 2.45) is 0 Å². The molecule has 2 aromatic carbocycles. The quantitative estimate of drug-likeness (QED) is 0.665. The van der Waals surface area contributed by atoms with Crippen LogP contribution in [0.4, 0.5) is 5.69 Å². The lowest BCUT2D eigenvalue weighted by Gasteiger charge is -2.15. The minimum Gasteiger partial charge on any atom is -0.306 e. The topological polar surface area (TPSA) is 55.2 Å². The number of nitro benzene ring substituents is 1. The monoisotopic (exact) mass is 284 g/mol. The van der Waals surface area contributed by atoms with Crippen LogP contribution in [0, 0.1) is 24.0 Å². The fourth-order valence-electron chi connectivity index (χ4n) is 2.30. The molecule has 0 amide bonds. The summed E-state index contributed by atoms with van der Waals surface area (Å²) in [6.07, 6.45) is 0. The Kier molecular flexibility index (Phi) is 4.70. The predicted octanol–water partition coefficient (Wildman–Crippen LogP) is 4.06. The maximum absolute atomic E-state index is 11.0. The van der Waals surface area contributed by atoms with E-state index in [4.69, 9.17) is 0 Å². The first-order valence-electron chi connectivity index (χ1n) is 7.02. The largest absolute Gasteiger partial charge is 0.306 e. The van der Waals surface area contributed by atoms with Gasteiger partial charge in [-0.05, 0) is 31.9 Å². The van der Waals surface area contributed by atoms with Crippen molar-refractivity contribution >= 4 is 5.69 Å². The van der Waals surface area contributed by atoms with E-state index in [-0.39, 0.29) is 16.7 Å². The number of hydrogen-bond acceptors (Lipinski definition) is 3. The Hall–Kier alpha value is -2.20. The van der Waals surface area contributed by atoms with Gasteiger partial charge in [-0.3, -0.25) is 10.1 Å². The molecule has 0 saturated carbocycles. The van der Waals surface area contributed by atoms with E-state index >= 15 is 0 Å². The van der Waals surface area contributed by atoms with E-state index in [1.165, 1.54) is 11.1 Å². The maximum Gasteiger partial charge on any atom is 0.272 e. The molecule has 0 aromatic heterocycles. The van der Waals surface area contributed by atoms with E-state index in [1.807, 2.05) is 6.07 Å². The van der Waals surface area contributed by atoms with Crippen molar-refractivity contribution in [2.45, 2.75) is 33.4 Å². The van der Waals surface area contributed by atoms with Gasteiger partial charge in [-0.15, -0.1) is 0 Å². The number of nitrogens with zero attached hydrogens (tertiary/aromatic N) is 1. The van der Waals surface area contributed by atoms with Crippen LogP contribution in [0.1, 0.15) is 35.2 Å². The normalized spacial score (nSPS) is 12.1. The summed E-state index contributed by atoms with van der Waals surface area (Å²) < 4.78 is 0. The molecule has 0 radical (unpaired) electrons. The molecule has 0 bridgehead atoms. The van der Waals surface area contributed by atoms with Gasteiger partial charge in [-0.2, -0.15) is 0 Å². The van der Waals surface area contributed by atoms with Gasteiger partial charge in [0.1, 0.15) is 0 Å². The van der Waals surface area contributed by atoms with Gasteiger partial charge in [0.25, 0.3) is 5.69 Å². The minimum absolute atomic E-state index is 0.178. The third-order valence-corrected chi connectivity index (χ3v) is 3.79. The van der Waals surface area contributed by atoms with Crippen molar-refractivity contribution in [2.75, 3.05) is 0 Å². The average Bonchev–Trinajstić information content (AvgIpc) is 2.46. The highest BCUT2D eigenvalue weighted by molar-refractivity contribution is 5.44. The smallest absolute Gasteiger partial charge is 0.272 e. The molecule has 4 nitrogen and oxygen atoms in total. The molecule has 1 atom stereocenters. The van der Waals surface area contributed by atoms with E-state index in [0.29, 0.717) is 6.54 Å². The summed E-state index contributed by atoms with van der Waals surface area (Å²) in [5, 5.41) is 14.4. The van der Waals surface area contributed by atoms with Gasteiger partial charge in [0, 0.05) is 24.2 Å². The van der Waals surface area contributed by atoms with Crippen molar-refractivity contribution in [3.05, 3.63) is 74.8 Å². The van der Waals surface area contributed by atoms with E-state index in [2.05, 4.69) is 43.4 Å². The third-order valence-electron chi connectivity index (χ3n) is 3.79. The number of aryl methyl sites for hydroxylation is 1. The van der Waals surface area contributed by atoms with Gasteiger partial charge >= 0.3 is 0 Å². The molecule has 110 valence electrons. The van der Waals surface area contributed by atoms with E-state index < -0.39 is 0 Å². The first-order valence-corrected chi connectivity index (χ1v) is 7.02. The van der Waals surface area contributed by atoms with Gasteiger partial charge in [-0.1, -0.05) is 42.0 Å². The highest BCUT2D eigenvalue weighted by Crippen LogP contribution is 2.22. The zero-order valence-corrected chi connectivity index (χ0v) is 12.6. The summed E-state index contributed by atoms with van der Waals surface area (Å²) in [6.45, 7) is 6.57. The van der Waals surface area contributed by atoms with Gasteiger partial charge in [-0.25, -0.2) is 0 Å². The Bertz CT molecular complexity index is 636. The number of rotatable bonds is 5. The summed E-state index contributed by atoms with van der Waals surface area (Å²) in [4.78, 5) is 10.6. The van der Waals surface area contributed by atoms with Crippen LogP contribution in [0.5, 0.6) is 0 Å². The van der Waals surface area contributed by atoms with Crippen molar-refractivity contribution < 1.29 is 4.92 Å². The standard InChI is InChI=1S/C17H20N2O2/c1-12-7-9-15(10-8-12)14(3)18-11-16-5-4-6-17(13(16)2)19(20)21/h4-10,14,18H,11H2,1-3H3. The second kappa shape index (κ2) is 6.50. The van der Waals surface area contributed by atoms with Crippen LogP contribution in [0.25, 0.3) is 0 Å². The lowest BCUT2D eigenvalue weighted by atomic mass is 10.0. The van der Waals surface area contributed by atoms with Crippen LogP contribution < -0.4 is 5.32 Å². The molecule has 2 rings (SSSR count). The van der Waals surface area contributed by atoms with Crippen LogP contribution in [0.15, 0.2) is 42.5 Å². The van der Waals surface area contributed by atoms with Crippen LogP contribution in [-0.2, 0) is 6.54 Å². The van der Waals surface area contributed by atoms with E-state index in [0.717, 1.165) is 11.1 Å². The molecular weight excluding hydrogens is 264 g/mol. The maximum atomic E-state index is 11.0. The van der Waals surface area contributed by atoms with Gasteiger partial charge < -0.3 is 5.32 Å². The summed E-state index contributed by atoms with van der Waals surface area (Å²) in [5.41, 5.74) is 4.32. The SMILES string of the molecule is Cc1ccc(C(C)NCc2cccc([N+](=O)[O-])c2C)cc1. The Labute approximate surface area is 125 Å². The van der Waals surface area contributed by atoms with E-state index in [9.17, 15) is 10.1 Å². The number of hydrogen-bond donors (Lipinski definition) is 1. The van der Waals surface area contributed by atoms with Gasteiger partial charge in [0.2, 0.25) is 0 Å². The van der Waals surface area contributed by atoms with Gasteiger partial charge in [0.05, 0.1) is 4.92 Å². The average molecular weight is 284 g/mol. The summed E-state index contributed by atoms with van der Waals surface area (Å²) in [7, 11) is 0. The minimum atomic E-state index is -0.331. The second-order valence-electron chi connectivity index (χ2n) is 5.33. The Morgan fingerprint density at radius 1 is 1.14 bits per heavy atom. The molecule has 2 aromatic rings. The molecule has 0 saturated heterocycles. The molecule has 0 fully saturated rings. The Morgan fingerprint density at radius 2 is 1.81 bits per heavy atom. The van der Waals surface area contributed by atoms with Crippen LogP contribution in [-0.4, -0.2) is 4.92 Å². The zero-order valence-electron chi connectivity index (χ0n) is 12.6. The summed E-state index contributed by atoms with van der Waals surface area (Å²) in [6, 6.07) is 13.8. The molecule has 21 heavy (non-hydrogen) atoms. The molecular formula is C17H20N2O2. The second-order valence-corrected chi connectivity index (χ2v) is 5.33. The van der Waals surface area contributed by atoms with Crippen LogP contribution >= 0.6 is 0 Å². The first-order chi connectivity index (χ1) is 9.99. The van der Waals surface area contributed by atoms with E-state index in [1.54, 1.807) is 19.1 Å². The van der Waals surface area contributed by atoms with Gasteiger partial charge in [0.15, 0.2) is 0 Å².